The number of hydrogen-bond acceptors (Lipinski definition) is 2. The summed E-state index contributed by atoms with van der Waals surface area (Å²) in [4.78, 5) is 13.6. The first-order chi connectivity index (χ1) is 13.7. The highest BCUT2D eigenvalue weighted by molar-refractivity contribution is 5.85. The number of carboxylic acid groups (broad SMARTS) is 1. The van der Waals surface area contributed by atoms with Crippen LogP contribution in [-0.4, -0.2) is 35.6 Å². The van der Waals surface area contributed by atoms with Crippen LogP contribution in [0, 0.1) is 5.92 Å². The standard InChI is InChI=1S/C25H29NO2.ClH/c27-25(28)23-11-6-16-26(18-23)15-5-10-22-17-21-9-2-1-7-19(21)13-14-20-8-3-4-12-24(20)22;/h1-4,7-9,12,17,23H,5-6,10-11,13-16,18H2,(H,27,28);1H/b22-17-;/t23-;/m1./s1. The molecule has 0 aromatic heterocycles. The fourth-order valence-corrected chi connectivity index (χ4v) is 4.65. The molecule has 1 N–H and O–H groups in total. The summed E-state index contributed by atoms with van der Waals surface area (Å²) in [5, 5.41) is 9.31. The van der Waals surface area contributed by atoms with Gasteiger partial charge in [-0.3, -0.25) is 4.79 Å². The summed E-state index contributed by atoms with van der Waals surface area (Å²) in [5.41, 5.74) is 7.01. The lowest BCUT2D eigenvalue weighted by Gasteiger charge is -2.30. The number of rotatable bonds is 5. The average molecular weight is 412 g/mol. The first-order valence-corrected chi connectivity index (χ1v) is 10.5. The zero-order valence-corrected chi connectivity index (χ0v) is 17.7. The summed E-state index contributed by atoms with van der Waals surface area (Å²) in [7, 11) is 0. The lowest BCUT2D eigenvalue weighted by Crippen LogP contribution is -2.39. The van der Waals surface area contributed by atoms with Crippen LogP contribution in [0.4, 0.5) is 0 Å². The van der Waals surface area contributed by atoms with Crippen LogP contribution in [0.5, 0.6) is 0 Å². The molecule has 3 nitrogen and oxygen atoms in total. The van der Waals surface area contributed by atoms with Gasteiger partial charge in [-0.15, -0.1) is 12.4 Å². The molecule has 0 bridgehead atoms. The minimum absolute atomic E-state index is 0. The zero-order chi connectivity index (χ0) is 19.3. The largest absolute Gasteiger partial charge is 0.481 e. The molecule has 0 spiro atoms. The number of nitrogens with zero attached hydrogens (tertiary/aromatic N) is 1. The van der Waals surface area contributed by atoms with Crippen LogP contribution < -0.4 is 0 Å². The van der Waals surface area contributed by atoms with Crippen molar-refractivity contribution in [1.82, 2.24) is 4.90 Å². The van der Waals surface area contributed by atoms with E-state index in [1.807, 2.05) is 0 Å². The van der Waals surface area contributed by atoms with Crippen LogP contribution in [0.15, 0.2) is 48.5 Å². The van der Waals surface area contributed by atoms with Crippen molar-refractivity contribution in [2.75, 3.05) is 19.6 Å². The second-order valence-corrected chi connectivity index (χ2v) is 8.11. The molecule has 0 unspecified atom stereocenters. The van der Waals surface area contributed by atoms with E-state index in [1.54, 1.807) is 0 Å². The highest BCUT2D eigenvalue weighted by Crippen LogP contribution is 2.31. The van der Waals surface area contributed by atoms with Crippen molar-refractivity contribution in [2.24, 2.45) is 5.92 Å². The summed E-state index contributed by atoms with van der Waals surface area (Å²) >= 11 is 0. The molecule has 2 aliphatic rings. The molecule has 1 saturated heterocycles. The molecule has 29 heavy (non-hydrogen) atoms. The first-order valence-electron chi connectivity index (χ1n) is 10.5. The quantitative estimate of drug-likeness (QED) is 0.723. The number of hydrogen-bond donors (Lipinski definition) is 1. The predicted octanol–water partition coefficient (Wildman–Crippen LogP) is 5.32. The molecular weight excluding hydrogens is 382 g/mol. The van der Waals surface area contributed by atoms with Crippen LogP contribution in [0.1, 0.15) is 47.9 Å². The van der Waals surface area contributed by atoms with Crippen molar-refractivity contribution in [1.29, 1.82) is 0 Å². The van der Waals surface area contributed by atoms with Gasteiger partial charge in [-0.05, 0) is 79.4 Å². The van der Waals surface area contributed by atoms with E-state index in [9.17, 15) is 9.90 Å². The lowest BCUT2D eigenvalue weighted by molar-refractivity contribution is -0.143. The van der Waals surface area contributed by atoms with E-state index in [2.05, 4.69) is 59.5 Å². The van der Waals surface area contributed by atoms with Gasteiger partial charge in [0, 0.05) is 6.54 Å². The molecule has 1 aliphatic heterocycles. The Kier molecular flexibility index (Phi) is 7.51. The van der Waals surface area contributed by atoms with Crippen molar-refractivity contribution in [3.05, 3.63) is 70.8 Å². The number of aliphatic carboxylic acids is 1. The zero-order valence-electron chi connectivity index (χ0n) is 16.8. The van der Waals surface area contributed by atoms with E-state index in [1.165, 1.54) is 27.8 Å². The molecule has 1 fully saturated rings. The second kappa shape index (κ2) is 10.1. The molecule has 0 amide bonds. The molecule has 0 saturated carbocycles. The fraction of sp³-hybridized carbons (Fsp3) is 0.400. The van der Waals surface area contributed by atoms with Gasteiger partial charge in [0.1, 0.15) is 0 Å². The van der Waals surface area contributed by atoms with Crippen molar-refractivity contribution < 1.29 is 9.90 Å². The van der Waals surface area contributed by atoms with Crippen molar-refractivity contribution in [3.63, 3.8) is 0 Å². The smallest absolute Gasteiger partial charge is 0.307 e. The molecule has 1 heterocycles. The van der Waals surface area contributed by atoms with Crippen LogP contribution >= 0.6 is 12.4 Å². The number of allylic oxidation sites excluding steroid dienone is 1. The predicted molar refractivity (Wildman–Crippen MR) is 121 cm³/mol. The van der Waals surface area contributed by atoms with E-state index in [0.29, 0.717) is 6.54 Å². The van der Waals surface area contributed by atoms with Crippen molar-refractivity contribution in [2.45, 2.75) is 38.5 Å². The highest BCUT2D eigenvalue weighted by Gasteiger charge is 2.25. The van der Waals surface area contributed by atoms with Gasteiger partial charge < -0.3 is 10.0 Å². The SMILES string of the molecule is Cl.O=C(O)[C@@H]1CCCN(CCC/C2=C/c3ccccc3CCc3ccccc32)C1. The maximum Gasteiger partial charge on any atom is 0.307 e. The molecule has 2 aromatic carbocycles. The Labute approximate surface area is 179 Å². The number of piperidine rings is 1. The van der Waals surface area contributed by atoms with E-state index in [0.717, 1.165) is 51.6 Å². The van der Waals surface area contributed by atoms with Gasteiger partial charge in [0.05, 0.1) is 5.92 Å². The minimum Gasteiger partial charge on any atom is -0.481 e. The number of likely N-dealkylation sites (tertiary alicyclic amines) is 1. The number of carboxylic acids is 1. The molecule has 1 atom stereocenters. The summed E-state index contributed by atoms with van der Waals surface area (Å²) < 4.78 is 0. The molecule has 0 radical (unpaired) electrons. The number of benzene rings is 2. The van der Waals surface area contributed by atoms with Gasteiger partial charge in [-0.2, -0.15) is 0 Å². The molecule has 1 aliphatic carbocycles. The summed E-state index contributed by atoms with van der Waals surface area (Å²) in [6, 6.07) is 17.5. The van der Waals surface area contributed by atoms with E-state index >= 15 is 0 Å². The monoisotopic (exact) mass is 411 g/mol. The topological polar surface area (TPSA) is 40.5 Å². The maximum atomic E-state index is 11.3. The second-order valence-electron chi connectivity index (χ2n) is 8.11. The van der Waals surface area contributed by atoms with Gasteiger partial charge in [0.25, 0.3) is 0 Å². The Hall–Kier alpha value is -2.10. The average Bonchev–Trinajstić information content (AvgIpc) is 2.71. The third-order valence-electron chi connectivity index (χ3n) is 6.19. The third kappa shape index (κ3) is 5.29. The van der Waals surface area contributed by atoms with Gasteiger partial charge in [-0.1, -0.05) is 54.6 Å². The third-order valence-corrected chi connectivity index (χ3v) is 6.19. The number of aryl methyl sites for hydroxylation is 2. The fourth-order valence-electron chi connectivity index (χ4n) is 4.65. The Bertz CT molecular complexity index is 877. The van der Waals surface area contributed by atoms with E-state index < -0.39 is 5.97 Å². The van der Waals surface area contributed by atoms with E-state index in [-0.39, 0.29) is 18.3 Å². The summed E-state index contributed by atoms with van der Waals surface area (Å²) in [6.45, 7) is 2.71. The van der Waals surface area contributed by atoms with Crippen molar-refractivity contribution >= 4 is 30.0 Å². The summed E-state index contributed by atoms with van der Waals surface area (Å²) in [6.07, 6.45) is 8.45. The van der Waals surface area contributed by atoms with Crippen LogP contribution in [0.3, 0.4) is 0 Å². The van der Waals surface area contributed by atoms with Crippen molar-refractivity contribution in [3.8, 4) is 0 Å². The van der Waals surface area contributed by atoms with Gasteiger partial charge >= 0.3 is 5.97 Å². The molecular formula is C25H30ClNO2. The molecule has 4 heteroatoms. The maximum absolute atomic E-state index is 11.3. The minimum atomic E-state index is -0.641. The Balaban J connectivity index is 0.00000240. The van der Waals surface area contributed by atoms with Gasteiger partial charge in [0.15, 0.2) is 0 Å². The molecule has 2 aromatic rings. The molecule has 4 rings (SSSR count). The number of fused-ring (bicyclic) bond motifs is 2. The normalized spacial score (nSPS) is 20.8. The Morgan fingerprint density at radius 1 is 1.03 bits per heavy atom. The molecule has 154 valence electrons. The Morgan fingerprint density at radius 2 is 1.76 bits per heavy atom. The van der Waals surface area contributed by atoms with Crippen LogP contribution in [-0.2, 0) is 17.6 Å². The number of halogens is 1. The first kappa shape index (κ1) is 21.6. The lowest BCUT2D eigenvalue weighted by atomic mass is 9.87. The van der Waals surface area contributed by atoms with Crippen LogP contribution in [0.25, 0.3) is 11.6 Å². The highest BCUT2D eigenvalue weighted by atomic mass is 35.5. The van der Waals surface area contributed by atoms with Gasteiger partial charge in [-0.25, -0.2) is 0 Å². The van der Waals surface area contributed by atoms with E-state index in [4.69, 9.17) is 0 Å². The van der Waals surface area contributed by atoms with Gasteiger partial charge in [0.2, 0.25) is 0 Å². The summed E-state index contributed by atoms with van der Waals surface area (Å²) in [5.74, 6) is -0.833. The number of carbonyl (C=O) groups is 1. The Morgan fingerprint density at radius 3 is 2.59 bits per heavy atom. The van der Waals surface area contributed by atoms with Crippen LogP contribution in [0.2, 0.25) is 0 Å².